The van der Waals surface area contributed by atoms with Gasteiger partial charge >= 0.3 is 5.97 Å². The first-order chi connectivity index (χ1) is 17.1. The van der Waals surface area contributed by atoms with Crippen molar-refractivity contribution in [2.75, 3.05) is 32.1 Å². The molecule has 1 N–H and O–H groups in total. The van der Waals surface area contributed by atoms with E-state index >= 15 is 0 Å². The van der Waals surface area contributed by atoms with E-state index in [9.17, 15) is 9.18 Å². The Bertz CT molecular complexity index is 1240. The molecule has 0 radical (unpaired) electrons. The number of hydrogen-bond donors (Lipinski definition) is 1. The molecule has 2 aromatic carbocycles. The summed E-state index contributed by atoms with van der Waals surface area (Å²) < 4.78 is 31.8. The van der Waals surface area contributed by atoms with Crippen molar-refractivity contribution in [1.29, 1.82) is 0 Å². The van der Waals surface area contributed by atoms with Crippen LogP contribution in [0, 0.1) is 5.82 Å². The largest absolute Gasteiger partial charge is 0.493 e. The summed E-state index contributed by atoms with van der Waals surface area (Å²) in [7, 11) is 1.57. The second-order valence-electron chi connectivity index (χ2n) is 9.65. The molecule has 0 aliphatic carbocycles. The Morgan fingerprint density at radius 2 is 1.94 bits per heavy atom. The molecule has 1 aliphatic rings. The van der Waals surface area contributed by atoms with Crippen LogP contribution in [0.5, 0.6) is 11.5 Å². The van der Waals surface area contributed by atoms with Crippen molar-refractivity contribution < 1.29 is 23.4 Å². The number of methoxy groups -OCH3 is 1. The number of ether oxygens (including phenoxy) is 3. The highest BCUT2D eigenvalue weighted by Crippen LogP contribution is 2.36. The van der Waals surface area contributed by atoms with Gasteiger partial charge in [0.2, 0.25) is 0 Å². The average Bonchev–Trinajstić information content (AvgIpc) is 2.82. The van der Waals surface area contributed by atoms with Crippen molar-refractivity contribution in [2.45, 2.75) is 45.3 Å². The van der Waals surface area contributed by atoms with Crippen LogP contribution in [0.1, 0.15) is 33.6 Å². The van der Waals surface area contributed by atoms with E-state index in [4.69, 9.17) is 25.8 Å². The van der Waals surface area contributed by atoms with Crippen molar-refractivity contribution in [3.8, 4) is 11.5 Å². The van der Waals surface area contributed by atoms with Crippen LogP contribution in [-0.2, 0) is 9.53 Å². The number of carbonyl (C=O) groups excluding carboxylic acids is 1. The van der Waals surface area contributed by atoms with Crippen LogP contribution >= 0.6 is 11.6 Å². The van der Waals surface area contributed by atoms with Gasteiger partial charge in [-0.3, -0.25) is 9.69 Å². The highest BCUT2D eigenvalue weighted by atomic mass is 35.5. The maximum Gasteiger partial charge on any atom is 0.320 e. The molecule has 192 valence electrons. The van der Waals surface area contributed by atoms with Gasteiger partial charge in [-0.1, -0.05) is 17.7 Å². The van der Waals surface area contributed by atoms with Gasteiger partial charge in [-0.2, -0.15) is 0 Å². The number of aromatic nitrogens is 2. The van der Waals surface area contributed by atoms with Crippen LogP contribution in [0.4, 0.5) is 15.9 Å². The minimum Gasteiger partial charge on any atom is -0.493 e. The summed E-state index contributed by atoms with van der Waals surface area (Å²) in [5.41, 5.74) is 0.325. The topological polar surface area (TPSA) is 85.8 Å². The molecule has 4 rings (SSSR count). The number of halogens is 2. The molecule has 2 heterocycles. The number of fused-ring (bicyclic) bond motifs is 1. The molecule has 0 atom stereocenters. The Hall–Kier alpha value is -3.17. The van der Waals surface area contributed by atoms with Crippen molar-refractivity contribution in [3.63, 3.8) is 0 Å². The number of carbonyl (C=O) groups is 1. The Balaban J connectivity index is 1.49. The molecule has 10 heteroatoms. The SMILES string of the molecule is COc1cc2ncnc(Nc3cccc(Cl)c3F)c2cc1OC1CCN(CC(=O)OC(C)(C)C)CC1. The smallest absolute Gasteiger partial charge is 0.320 e. The maximum atomic E-state index is 14.5. The summed E-state index contributed by atoms with van der Waals surface area (Å²) in [4.78, 5) is 22.8. The van der Waals surface area contributed by atoms with E-state index in [1.165, 1.54) is 12.4 Å². The highest BCUT2D eigenvalue weighted by molar-refractivity contribution is 6.31. The van der Waals surface area contributed by atoms with E-state index in [1.807, 2.05) is 20.8 Å². The Labute approximate surface area is 214 Å². The summed E-state index contributed by atoms with van der Waals surface area (Å²) in [5, 5.41) is 3.67. The van der Waals surface area contributed by atoms with Gasteiger partial charge in [-0.15, -0.1) is 0 Å². The number of likely N-dealkylation sites (tertiary alicyclic amines) is 1. The van der Waals surface area contributed by atoms with E-state index < -0.39 is 11.4 Å². The molecular formula is C26H30ClFN4O4. The summed E-state index contributed by atoms with van der Waals surface area (Å²) in [6.45, 7) is 7.27. The maximum absolute atomic E-state index is 14.5. The monoisotopic (exact) mass is 516 g/mol. The van der Waals surface area contributed by atoms with Gasteiger partial charge in [0.1, 0.15) is 23.9 Å². The number of piperidine rings is 1. The van der Waals surface area contributed by atoms with Crippen molar-refractivity contribution in [1.82, 2.24) is 14.9 Å². The Morgan fingerprint density at radius 3 is 2.64 bits per heavy atom. The first-order valence-electron chi connectivity index (χ1n) is 11.8. The van der Waals surface area contributed by atoms with Crippen molar-refractivity contribution >= 4 is 40.0 Å². The van der Waals surface area contributed by atoms with Gasteiger partial charge < -0.3 is 19.5 Å². The zero-order chi connectivity index (χ0) is 25.9. The molecule has 8 nitrogen and oxygen atoms in total. The first-order valence-corrected chi connectivity index (χ1v) is 12.2. The van der Waals surface area contributed by atoms with Crippen molar-refractivity contribution in [3.05, 3.63) is 47.5 Å². The summed E-state index contributed by atoms with van der Waals surface area (Å²) in [6.07, 6.45) is 2.83. The van der Waals surface area contributed by atoms with Gasteiger partial charge in [-0.25, -0.2) is 14.4 Å². The fourth-order valence-electron chi connectivity index (χ4n) is 4.06. The molecule has 1 aliphatic heterocycles. The van der Waals surface area contributed by atoms with Gasteiger partial charge in [0.05, 0.1) is 29.9 Å². The normalized spacial score (nSPS) is 15.1. The third-order valence-electron chi connectivity index (χ3n) is 5.73. The Kier molecular flexibility index (Phi) is 7.80. The van der Waals surface area contributed by atoms with Crippen LogP contribution in [0.25, 0.3) is 10.9 Å². The number of hydrogen-bond acceptors (Lipinski definition) is 8. The number of benzene rings is 2. The van der Waals surface area contributed by atoms with E-state index in [2.05, 4.69) is 20.2 Å². The fraction of sp³-hybridized carbons (Fsp3) is 0.423. The van der Waals surface area contributed by atoms with Gasteiger partial charge in [0.25, 0.3) is 0 Å². The second kappa shape index (κ2) is 10.8. The van der Waals surface area contributed by atoms with Crippen LogP contribution < -0.4 is 14.8 Å². The summed E-state index contributed by atoms with van der Waals surface area (Å²) in [6, 6.07) is 8.29. The lowest BCUT2D eigenvalue weighted by atomic mass is 10.1. The Morgan fingerprint density at radius 1 is 1.19 bits per heavy atom. The minimum absolute atomic E-state index is 0.0158. The molecule has 3 aromatic rings. The predicted molar refractivity (Wildman–Crippen MR) is 137 cm³/mol. The van der Waals surface area contributed by atoms with Gasteiger partial charge in [-0.05, 0) is 51.8 Å². The van der Waals surface area contributed by atoms with Gasteiger partial charge in [0.15, 0.2) is 17.3 Å². The zero-order valence-corrected chi connectivity index (χ0v) is 21.6. The van der Waals surface area contributed by atoms with Crippen LogP contribution in [0.3, 0.4) is 0 Å². The predicted octanol–water partition coefficient (Wildman–Crippen LogP) is 5.36. The van der Waals surface area contributed by atoms with E-state index in [1.54, 1.807) is 31.4 Å². The van der Waals surface area contributed by atoms with E-state index in [0.717, 1.165) is 12.8 Å². The lowest BCUT2D eigenvalue weighted by molar-refractivity contribution is -0.156. The molecule has 36 heavy (non-hydrogen) atoms. The quantitative estimate of drug-likeness (QED) is 0.420. The second-order valence-corrected chi connectivity index (χ2v) is 10.1. The molecule has 0 spiro atoms. The van der Waals surface area contributed by atoms with E-state index in [0.29, 0.717) is 41.3 Å². The molecular weight excluding hydrogens is 487 g/mol. The average molecular weight is 517 g/mol. The number of anilines is 2. The number of rotatable bonds is 7. The molecule has 0 bridgehead atoms. The molecule has 1 aromatic heterocycles. The molecule has 1 fully saturated rings. The van der Waals surface area contributed by atoms with Crippen LogP contribution in [0.15, 0.2) is 36.7 Å². The lowest BCUT2D eigenvalue weighted by Gasteiger charge is -2.32. The minimum atomic E-state index is -0.561. The number of nitrogens with zero attached hydrogens (tertiary/aromatic N) is 3. The fourth-order valence-corrected chi connectivity index (χ4v) is 4.24. The zero-order valence-electron chi connectivity index (χ0n) is 20.8. The third kappa shape index (κ3) is 6.33. The highest BCUT2D eigenvalue weighted by Gasteiger charge is 2.25. The summed E-state index contributed by atoms with van der Waals surface area (Å²) in [5.74, 6) is 0.710. The van der Waals surface area contributed by atoms with E-state index in [-0.39, 0.29) is 29.3 Å². The molecule has 0 saturated carbocycles. The van der Waals surface area contributed by atoms with Crippen LogP contribution in [0.2, 0.25) is 5.02 Å². The van der Waals surface area contributed by atoms with Crippen LogP contribution in [-0.4, -0.2) is 59.3 Å². The number of nitrogens with one attached hydrogen (secondary N) is 1. The lowest BCUT2D eigenvalue weighted by Crippen LogP contribution is -2.42. The van der Waals surface area contributed by atoms with Gasteiger partial charge in [0, 0.05) is 24.5 Å². The molecule has 0 amide bonds. The molecule has 1 saturated heterocycles. The van der Waals surface area contributed by atoms with Crippen molar-refractivity contribution in [2.24, 2.45) is 0 Å². The molecule has 0 unspecified atom stereocenters. The standard InChI is InChI=1S/C26H30ClFN4O4/c1-26(2,3)36-23(33)14-32-10-8-16(9-11-32)35-22-12-17-20(13-21(22)34-4)29-15-30-25(17)31-19-7-5-6-18(27)24(19)28/h5-7,12-13,15-16H,8-11,14H2,1-4H3,(H,29,30,31). The number of esters is 1. The first kappa shape index (κ1) is 25.9. The third-order valence-corrected chi connectivity index (χ3v) is 6.02. The summed E-state index contributed by atoms with van der Waals surface area (Å²) >= 11 is 5.92.